The molecule has 2 atom stereocenters. The number of rotatable bonds is 63. The van der Waals surface area contributed by atoms with Crippen LogP contribution in [-0.4, -0.2) is 74.9 Å². The molecule has 10 heteroatoms. The number of unbranched alkanes of at least 4 members (excludes halogenated alkanes) is 19. The number of allylic oxidation sites excluding steroid dienone is 30. The van der Waals surface area contributed by atoms with E-state index in [2.05, 4.69) is 196 Å². The summed E-state index contributed by atoms with van der Waals surface area (Å²) < 4.78 is 34.7. The van der Waals surface area contributed by atoms with Gasteiger partial charge in [0.1, 0.15) is 19.8 Å². The van der Waals surface area contributed by atoms with Crippen molar-refractivity contribution in [1.29, 1.82) is 0 Å². The first-order chi connectivity index (χ1) is 44.0. The summed E-state index contributed by atoms with van der Waals surface area (Å²) in [5.74, 6) is -0.844. The third-order valence-electron chi connectivity index (χ3n) is 14.4. The van der Waals surface area contributed by atoms with Gasteiger partial charge < -0.3 is 18.9 Å². The third-order valence-corrected chi connectivity index (χ3v) is 15.4. The van der Waals surface area contributed by atoms with Crippen LogP contribution in [-0.2, 0) is 32.7 Å². The number of nitrogens with zero attached hydrogens (tertiary/aromatic N) is 1. The summed E-state index contributed by atoms with van der Waals surface area (Å²) in [6.45, 7) is 4.15. The van der Waals surface area contributed by atoms with E-state index in [-0.39, 0.29) is 32.0 Å². The lowest BCUT2D eigenvalue weighted by Crippen LogP contribution is -2.37. The van der Waals surface area contributed by atoms with E-state index >= 15 is 0 Å². The first-order valence-corrected chi connectivity index (χ1v) is 37.0. The first kappa shape index (κ1) is 85.1. The molecular formula is C80H131NO8P+. The topological polar surface area (TPSA) is 108 Å². The Hall–Kier alpha value is -4.89. The molecule has 2 unspecified atom stereocenters. The Bertz CT molecular complexity index is 2170. The average Bonchev–Trinajstić information content (AvgIpc) is 3.58. The number of quaternary nitrogens is 1. The smallest absolute Gasteiger partial charge is 0.462 e. The third kappa shape index (κ3) is 72.2. The molecular weight excluding hydrogens is 1130 g/mol. The monoisotopic (exact) mass is 1260 g/mol. The van der Waals surface area contributed by atoms with Crippen molar-refractivity contribution in [3.8, 4) is 0 Å². The maximum Gasteiger partial charge on any atom is 0.472 e. The normalized spacial score (nSPS) is 14.2. The van der Waals surface area contributed by atoms with Crippen LogP contribution in [0.25, 0.3) is 0 Å². The molecule has 0 saturated heterocycles. The van der Waals surface area contributed by atoms with E-state index < -0.39 is 26.5 Å². The van der Waals surface area contributed by atoms with Gasteiger partial charge in [0, 0.05) is 12.8 Å². The summed E-state index contributed by atoms with van der Waals surface area (Å²) in [6, 6.07) is 0. The van der Waals surface area contributed by atoms with Crippen molar-refractivity contribution < 1.29 is 42.1 Å². The maximum absolute atomic E-state index is 12.9. The number of hydrogen-bond acceptors (Lipinski definition) is 7. The van der Waals surface area contributed by atoms with E-state index in [1.807, 2.05) is 21.1 Å². The Balaban J connectivity index is 4.15. The van der Waals surface area contributed by atoms with E-state index in [1.165, 1.54) is 89.9 Å². The Labute approximate surface area is 552 Å². The van der Waals surface area contributed by atoms with E-state index in [9.17, 15) is 19.0 Å². The van der Waals surface area contributed by atoms with Crippen molar-refractivity contribution in [1.82, 2.24) is 0 Å². The Morgan fingerprint density at radius 3 is 0.900 bits per heavy atom. The van der Waals surface area contributed by atoms with Crippen molar-refractivity contribution in [2.24, 2.45) is 0 Å². The van der Waals surface area contributed by atoms with Gasteiger partial charge in [-0.25, -0.2) is 4.57 Å². The van der Waals surface area contributed by atoms with Gasteiger partial charge in [0.05, 0.1) is 27.7 Å². The van der Waals surface area contributed by atoms with Crippen LogP contribution in [0.3, 0.4) is 0 Å². The molecule has 9 nitrogen and oxygen atoms in total. The second-order valence-corrected chi connectivity index (χ2v) is 25.6. The highest BCUT2D eigenvalue weighted by Gasteiger charge is 2.27. The van der Waals surface area contributed by atoms with Gasteiger partial charge in [0.2, 0.25) is 0 Å². The molecule has 0 aromatic rings. The minimum absolute atomic E-state index is 0.0157. The molecule has 0 heterocycles. The van der Waals surface area contributed by atoms with Gasteiger partial charge in [-0.1, -0.05) is 292 Å². The zero-order valence-corrected chi connectivity index (χ0v) is 58.7. The minimum Gasteiger partial charge on any atom is -0.462 e. The summed E-state index contributed by atoms with van der Waals surface area (Å²) in [5.41, 5.74) is 0. The number of hydrogen-bond donors (Lipinski definition) is 1. The van der Waals surface area contributed by atoms with Gasteiger partial charge in [0.25, 0.3) is 0 Å². The van der Waals surface area contributed by atoms with E-state index in [0.29, 0.717) is 17.4 Å². The van der Waals surface area contributed by atoms with Gasteiger partial charge in [-0.2, -0.15) is 0 Å². The fourth-order valence-corrected chi connectivity index (χ4v) is 9.81. The molecule has 0 rings (SSSR count). The second-order valence-electron chi connectivity index (χ2n) is 24.2. The highest BCUT2D eigenvalue weighted by molar-refractivity contribution is 7.47. The fraction of sp³-hybridized carbons (Fsp3) is 0.600. The second kappa shape index (κ2) is 68.5. The van der Waals surface area contributed by atoms with Crippen molar-refractivity contribution in [2.75, 3.05) is 47.5 Å². The predicted octanol–water partition coefficient (Wildman–Crippen LogP) is 23.5. The highest BCUT2D eigenvalue weighted by Crippen LogP contribution is 2.43. The molecule has 0 bridgehead atoms. The number of phosphoric ester groups is 1. The lowest BCUT2D eigenvalue weighted by atomic mass is 10.0. The molecule has 0 spiro atoms. The molecule has 0 radical (unpaired) electrons. The Morgan fingerprint density at radius 1 is 0.344 bits per heavy atom. The number of carbonyl (C=O) groups is 2. The van der Waals surface area contributed by atoms with Crippen LogP contribution in [0, 0.1) is 0 Å². The molecule has 0 aliphatic rings. The summed E-state index contributed by atoms with van der Waals surface area (Å²) in [6.07, 6.45) is 106. The molecule has 0 amide bonds. The molecule has 0 aromatic heterocycles. The molecule has 90 heavy (non-hydrogen) atoms. The molecule has 0 aromatic carbocycles. The number of likely N-dealkylation sites (N-methyl/N-ethyl adjacent to an activating group) is 1. The number of ether oxygens (including phenoxy) is 2. The lowest BCUT2D eigenvalue weighted by molar-refractivity contribution is -0.870. The number of esters is 2. The summed E-state index contributed by atoms with van der Waals surface area (Å²) in [7, 11) is 1.43. The van der Waals surface area contributed by atoms with Crippen LogP contribution in [0.5, 0.6) is 0 Å². The highest BCUT2D eigenvalue weighted by atomic mass is 31.2. The van der Waals surface area contributed by atoms with Crippen LogP contribution in [0.4, 0.5) is 0 Å². The van der Waals surface area contributed by atoms with Gasteiger partial charge in [0.15, 0.2) is 6.10 Å². The van der Waals surface area contributed by atoms with E-state index in [0.717, 1.165) is 135 Å². The minimum atomic E-state index is -4.42. The van der Waals surface area contributed by atoms with Crippen LogP contribution in [0.1, 0.15) is 258 Å². The number of carbonyl (C=O) groups excluding carboxylic acids is 2. The van der Waals surface area contributed by atoms with Crippen molar-refractivity contribution >= 4 is 19.8 Å². The molecule has 508 valence electrons. The molecule has 0 fully saturated rings. The zero-order valence-electron chi connectivity index (χ0n) is 57.8. The first-order valence-electron chi connectivity index (χ1n) is 35.5. The average molecular weight is 1270 g/mol. The van der Waals surface area contributed by atoms with Crippen LogP contribution >= 0.6 is 7.82 Å². The van der Waals surface area contributed by atoms with Gasteiger partial charge >= 0.3 is 19.8 Å². The van der Waals surface area contributed by atoms with E-state index in [1.54, 1.807) is 0 Å². The lowest BCUT2D eigenvalue weighted by Gasteiger charge is -2.24. The van der Waals surface area contributed by atoms with Gasteiger partial charge in [-0.3, -0.25) is 18.6 Å². The van der Waals surface area contributed by atoms with Crippen LogP contribution in [0.2, 0.25) is 0 Å². The standard InChI is InChI=1S/C80H130NO8P/c1-6-8-10-12-14-16-18-20-22-24-26-28-30-32-34-36-38-39-40-41-43-44-46-48-50-52-54-56-58-60-62-64-66-68-70-72-79(82)86-76-78(77-88-90(84,85)87-75-74-81(3,4)5)89-80(83)73-71-69-67-65-63-61-59-57-55-53-51-49-47-45-42-37-35-33-31-29-27-25-23-21-19-17-15-13-11-9-7-2/h8-11,14-17,20-23,26-29,32-35,38-39,42,45,49,51,55,57,61,63,78H,6-7,12-13,18-19,24-25,30-31,36-37,40-41,43-44,46-48,50,52-54,56,58-60,62,64-77H2,1-5H3/p+1/b10-8-,11-9-,16-14-,17-15-,22-20-,23-21-,28-26-,29-27-,34-32-,35-33-,39-38-,45-42-,51-49-,57-55-,63-61-. The zero-order chi connectivity index (χ0) is 65.5. The largest absolute Gasteiger partial charge is 0.472 e. The van der Waals surface area contributed by atoms with Crippen molar-refractivity contribution in [3.63, 3.8) is 0 Å². The van der Waals surface area contributed by atoms with Crippen LogP contribution < -0.4 is 0 Å². The quantitative estimate of drug-likeness (QED) is 0.0211. The van der Waals surface area contributed by atoms with Gasteiger partial charge in [-0.15, -0.1) is 0 Å². The summed E-state index contributed by atoms with van der Waals surface area (Å²) in [5, 5.41) is 0. The maximum atomic E-state index is 12.9. The number of phosphoric acid groups is 1. The molecule has 1 N–H and O–H groups in total. The van der Waals surface area contributed by atoms with Gasteiger partial charge in [-0.05, 0) is 135 Å². The fourth-order valence-electron chi connectivity index (χ4n) is 9.07. The molecule has 0 aliphatic carbocycles. The molecule has 0 aliphatic heterocycles. The summed E-state index contributed by atoms with van der Waals surface area (Å²) >= 11 is 0. The van der Waals surface area contributed by atoms with Crippen molar-refractivity contribution in [2.45, 2.75) is 264 Å². The van der Waals surface area contributed by atoms with E-state index in [4.69, 9.17) is 18.5 Å². The summed E-state index contributed by atoms with van der Waals surface area (Å²) in [4.78, 5) is 35.9. The van der Waals surface area contributed by atoms with Crippen LogP contribution in [0.15, 0.2) is 182 Å². The Morgan fingerprint density at radius 2 is 0.600 bits per heavy atom. The van der Waals surface area contributed by atoms with Crippen molar-refractivity contribution in [3.05, 3.63) is 182 Å². The predicted molar refractivity (Wildman–Crippen MR) is 389 cm³/mol. The SMILES string of the molecule is CC/C=C\C/C=C\C/C=C\C/C=C\C/C=C\C/C=C\C/C=C\C/C=C\C/C=C\CCCCCC(=O)OC(COC(=O)CCCCCCCCCCCCCCCCCC/C=C\C/C=C\C/C=C\C/C=C\C/C=C\C/C=C\CC)COP(=O)(O)OCC[N+](C)(C)C. The molecule has 0 saturated carbocycles. The Kier molecular flexibility index (Phi) is 64.8.